The number of benzene rings is 1. The lowest BCUT2D eigenvalue weighted by Gasteiger charge is -2.22. The molecule has 0 atom stereocenters. The third-order valence-electron chi connectivity index (χ3n) is 5.41. The second kappa shape index (κ2) is 6.88. The number of nitrogens with zero attached hydrogens (tertiary/aromatic N) is 4. The van der Waals surface area contributed by atoms with E-state index >= 15 is 0 Å². The van der Waals surface area contributed by atoms with E-state index in [9.17, 15) is 9.59 Å². The quantitative estimate of drug-likeness (QED) is 0.861. The highest BCUT2D eigenvalue weighted by molar-refractivity contribution is 5.89. The molecule has 2 amide bonds. The number of fused-ring (bicyclic) bond motifs is 2. The summed E-state index contributed by atoms with van der Waals surface area (Å²) >= 11 is 0. The predicted molar refractivity (Wildman–Crippen MR) is 101 cm³/mol. The number of nitrogens with one attached hydrogen (secondary N) is 1. The molecule has 0 saturated heterocycles. The van der Waals surface area contributed by atoms with E-state index < -0.39 is 0 Å². The van der Waals surface area contributed by atoms with Crippen molar-refractivity contribution in [3.05, 3.63) is 34.5 Å². The van der Waals surface area contributed by atoms with Crippen LogP contribution in [0.1, 0.15) is 18.7 Å². The van der Waals surface area contributed by atoms with E-state index in [1.54, 1.807) is 32.3 Å². The largest absolute Gasteiger partial charge is 0.486 e. The standard InChI is InChI=1S/C19H23N5O4/c25-18(20-14-3-4-15-16(11-14)28-10-9-27-15)22-6-5-17-21-24(12-13-1-2-13)19(26)23(17)8-7-22/h3-4,11,13H,1-2,5-10,12H2,(H,20,25). The molecular formula is C19H23N5O4. The molecule has 0 unspecified atom stereocenters. The molecule has 9 heteroatoms. The second-order valence-corrected chi connectivity index (χ2v) is 7.50. The summed E-state index contributed by atoms with van der Waals surface area (Å²) in [6.07, 6.45) is 2.94. The molecule has 9 nitrogen and oxygen atoms in total. The van der Waals surface area contributed by atoms with E-state index in [0.717, 1.165) is 5.82 Å². The Labute approximate surface area is 161 Å². The molecule has 28 heavy (non-hydrogen) atoms. The third-order valence-corrected chi connectivity index (χ3v) is 5.41. The second-order valence-electron chi connectivity index (χ2n) is 7.50. The zero-order valence-electron chi connectivity index (χ0n) is 15.6. The monoisotopic (exact) mass is 385 g/mol. The molecule has 0 radical (unpaired) electrons. The van der Waals surface area contributed by atoms with Crippen molar-refractivity contribution in [2.24, 2.45) is 5.92 Å². The number of urea groups is 1. The van der Waals surface area contributed by atoms with Crippen molar-refractivity contribution in [1.29, 1.82) is 0 Å². The van der Waals surface area contributed by atoms with E-state index in [1.165, 1.54) is 12.8 Å². The van der Waals surface area contributed by atoms with Crippen LogP contribution in [-0.2, 0) is 19.5 Å². The molecule has 3 aliphatic rings. The molecule has 2 aromatic rings. The summed E-state index contributed by atoms with van der Waals surface area (Å²) in [6, 6.07) is 5.17. The lowest BCUT2D eigenvalue weighted by atomic mass is 10.2. The Morgan fingerprint density at radius 3 is 2.79 bits per heavy atom. The van der Waals surface area contributed by atoms with Crippen molar-refractivity contribution in [2.75, 3.05) is 31.6 Å². The number of carbonyl (C=O) groups excluding carboxylic acids is 1. The molecule has 1 N–H and O–H groups in total. The highest BCUT2D eigenvalue weighted by Crippen LogP contribution is 2.32. The molecule has 5 rings (SSSR count). The Bertz CT molecular complexity index is 962. The number of anilines is 1. The van der Waals surface area contributed by atoms with Gasteiger partial charge < -0.3 is 19.7 Å². The summed E-state index contributed by atoms with van der Waals surface area (Å²) in [5.41, 5.74) is 0.596. The van der Waals surface area contributed by atoms with Crippen molar-refractivity contribution in [1.82, 2.24) is 19.2 Å². The van der Waals surface area contributed by atoms with Crippen LogP contribution in [0.3, 0.4) is 0 Å². The van der Waals surface area contributed by atoms with Gasteiger partial charge in [-0.2, -0.15) is 5.10 Å². The first kappa shape index (κ1) is 17.2. The first-order valence-electron chi connectivity index (χ1n) is 9.79. The Kier molecular flexibility index (Phi) is 4.22. The average Bonchev–Trinajstić information content (AvgIpc) is 3.50. The van der Waals surface area contributed by atoms with E-state index in [4.69, 9.17) is 9.47 Å². The zero-order valence-corrected chi connectivity index (χ0v) is 15.6. The Morgan fingerprint density at radius 2 is 1.96 bits per heavy atom. The van der Waals surface area contributed by atoms with Crippen LogP contribution in [0.15, 0.2) is 23.0 Å². The fourth-order valence-corrected chi connectivity index (χ4v) is 3.65. The SMILES string of the molecule is O=C(Nc1ccc2c(c1)OCCO2)N1CCc2nn(CC3CC3)c(=O)n2CC1. The number of aromatic nitrogens is 3. The summed E-state index contributed by atoms with van der Waals surface area (Å²) in [4.78, 5) is 27.0. The molecule has 1 saturated carbocycles. The topological polar surface area (TPSA) is 90.6 Å². The summed E-state index contributed by atoms with van der Waals surface area (Å²) < 4.78 is 14.4. The van der Waals surface area contributed by atoms with Gasteiger partial charge in [0.15, 0.2) is 11.5 Å². The average molecular weight is 385 g/mol. The van der Waals surface area contributed by atoms with Crippen molar-refractivity contribution >= 4 is 11.7 Å². The minimum atomic E-state index is -0.194. The summed E-state index contributed by atoms with van der Waals surface area (Å²) in [5, 5.41) is 7.40. The molecular weight excluding hydrogens is 362 g/mol. The van der Waals surface area contributed by atoms with Crippen molar-refractivity contribution in [2.45, 2.75) is 32.4 Å². The van der Waals surface area contributed by atoms with Crippen LogP contribution in [0.2, 0.25) is 0 Å². The van der Waals surface area contributed by atoms with Gasteiger partial charge in [0.05, 0.1) is 0 Å². The van der Waals surface area contributed by atoms with Gasteiger partial charge in [0.25, 0.3) is 0 Å². The van der Waals surface area contributed by atoms with E-state index in [-0.39, 0.29) is 11.7 Å². The summed E-state index contributed by atoms with van der Waals surface area (Å²) in [5.74, 6) is 2.69. The van der Waals surface area contributed by atoms with Gasteiger partial charge in [-0.1, -0.05) is 0 Å². The first-order valence-corrected chi connectivity index (χ1v) is 9.79. The van der Waals surface area contributed by atoms with Crippen LogP contribution in [0, 0.1) is 5.92 Å². The highest BCUT2D eigenvalue weighted by Gasteiger charge is 2.27. The molecule has 1 aromatic carbocycles. The fourth-order valence-electron chi connectivity index (χ4n) is 3.65. The van der Waals surface area contributed by atoms with Gasteiger partial charge in [0, 0.05) is 44.4 Å². The molecule has 1 aliphatic carbocycles. The van der Waals surface area contributed by atoms with E-state index in [2.05, 4.69) is 10.4 Å². The lowest BCUT2D eigenvalue weighted by Crippen LogP contribution is -2.38. The van der Waals surface area contributed by atoms with Gasteiger partial charge in [0.1, 0.15) is 19.0 Å². The molecule has 0 spiro atoms. The molecule has 3 heterocycles. The smallest absolute Gasteiger partial charge is 0.345 e. The molecule has 148 valence electrons. The zero-order chi connectivity index (χ0) is 19.1. The van der Waals surface area contributed by atoms with Crippen molar-refractivity contribution in [3.8, 4) is 11.5 Å². The molecule has 2 aliphatic heterocycles. The van der Waals surface area contributed by atoms with E-state index in [1.807, 2.05) is 0 Å². The van der Waals surface area contributed by atoms with Gasteiger partial charge in [-0.05, 0) is 30.9 Å². The maximum Gasteiger partial charge on any atom is 0.345 e. The number of hydrogen-bond donors (Lipinski definition) is 1. The number of carbonyl (C=O) groups is 1. The van der Waals surface area contributed by atoms with Gasteiger partial charge in [-0.15, -0.1) is 0 Å². The maximum atomic E-state index is 12.7. The molecule has 1 aromatic heterocycles. The lowest BCUT2D eigenvalue weighted by molar-refractivity contribution is 0.171. The Hall–Kier alpha value is -2.97. The fraction of sp³-hybridized carbons (Fsp3) is 0.526. The van der Waals surface area contributed by atoms with Gasteiger partial charge >= 0.3 is 11.7 Å². The Morgan fingerprint density at radius 1 is 1.14 bits per heavy atom. The van der Waals surface area contributed by atoms with Crippen LogP contribution < -0.4 is 20.5 Å². The van der Waals surface area contributed by atoms with Crippen LogP contribution in [0.25, 0.3) is 0 Å². The van der Waals surface area contributed by atoms with Crippen LogP contribution in [0.5, 0.6) is 11.5 Å². The number of rotatable bonds is 3. The number of ether oxygens (including phenoxy) is 2. The van der Waals surface area contributed by atoms with Crippen LogP contribution >= 0.6 is 0 Å². The molecule has 0 bridgehead atoms. The van der Waals surface area contributed by atoms with Gasteiger partial charge in [-0.3, -0.25) is 4.57 Å². The molecule has 1 fully saturated rings. The third kappa shape index (κ3) is 3.32. The minimum Gasteiger partial charge on any atom is -0.486 e. The summed E-state index contributed by atoms with van der Waals surface area (Å²) in [6.45, 7) is 3.21. The van der Waals surface area contributed by atoms with E-state index in [0.29, 0.717) is 68.9 Å². The normalized spacial score (nSPS) is 18.4. The van der Waals surface area contributed by atoms with Gasteiger partial charge in [0.2, 0.25) is 0 Å². The van der Waals surface area contributed by atoms with Crippen molar-refractivity contribution < 1.29 is 14.3 Å². The minimum absolute atomic E-state index is 0.0593. The van der Waals surface area contributed by atoms with Gasteiger partial charge in [-0.25, -0.2) is 14.3 Å². The maximum absolute atomic E-state index is 12.7. The summed E-state index contributed by atoms with van der Waals surface area (Å²) in [7, 11) is 0. The predicted octanol–water partition coefficient (Wildman–Crippen LogP) is 1.32. The van der Waals surface area contributed by atoms with Crippen LogP contribution in [-0.4, -0.2) is 51.6 Å². The number of amides is 2. The Balaban J connectivity index is 1.25. The first-order chi connectivity index (χ1) is 13.7. The highest BCUT2D eigenvalue weighted by atomic mass is 16.6. The number of hydrogen-bond acceptors (Lipinski definition) is 5. The van der Waals surface area contributed by atoms with Crippen molar-refractivity contribution in [3.63, 3.8) is 0 Å². The van der Waals surface area contributed by atoms with Crippen LogP contribution in [0.4, 0.5) is 10.5 Å².